The molecule has 0 bridgehead atoms. The Bertz CT molecular complexity index is 993. The van der Waals surface area contributed by atoms with Crippen molar-refractivity contribution in [3.8, 4) is 11.5 Å². The average molecular weight is 408 g/mol. The van der Waals surface area contributed by atoms with Crippen molar-refractivity contribution >= 4 is 17.7 Å². The Morgan fingerprint density at radius 1 is 0.967 bits per heavy atom. The number of rotatable bonds is 10. The first-order valence-corrected chi connectivity index (χ1v) is 9.43. The summed E-state index contributed by atoms with van der Waals surface area (Å²) in [4.78, 5) is 19.6. The predicted molar refractivity (Wildman–Crippen MR) is 114 cm³/mol. The van der Waals surface area contributed by atoms with Crippen LogP contribution in [0.4, 0.5) is 11.8 Å². The summed E-state index contributed by atoms with van der Waals surface area (Å²) in [6.07, 6.45) is 2.48. The minimum atomic E-state index is -0.940. The largest absolute Gasteiger partial charge is 0.493 e. The normalized spacial score (nSPS) is 10.3. The maximum atomic E-state index is 10.9. The number of nitrogens with zero attached hydrogens (tertiary/aromatic N) is 2. The summed E-state index contributed by atoms with van der Waals surface area (Å²) in [6.45, 7) is 1.19. The van der Waals surface area contributed by atoms with Crippen LogP contribution >= 0.6 is 0 Å². The van der Waals surface area contributed by atoms with E-state index in [1.165, 1.54) is 0 Å². The average Bonchev–Trinajstić information content (AvgIpc) is 2.78. The topological polar surface area (TPSA) is 106 Å². The second kappa shape index (κ2) is 10.1. The number of methoxy groups -OCH3 is 2. The molecule has 3 N–H and O–H groups in total. The van der Waals surface area contributed by atoms with Gasteiger partial charge in [-0.25, -0.2) is 9.78 Å². The highest BCUT2D eigenvalue weighted by Crippen LogP contribution is 2.27. The molecule has 30 heavy (non-hydrogen) atoms. The van der Waals surface area contributed by atoms with E-state index in [0.717, 1.165) is 17.5 Å². The molecule has 0 aliphatic carbocycles. The summed E-state index contributed by atoms with van der Waals surface area (Å²) in [7, 11) is 3.24. The molecule has 0 aliphatic rings. The highest BCUT2D eigenvalue weighted by molar-refractivity contribution is 5.87. The van der Waals surface area contributed by atoms with Crippen LogP contribution in [0.1, 0.15) is 21.5 Å². The van der Waals surface area contributed by atoms with Crippen LogP contribution < -0.4 is 20.1 Å². The van der Waals surface area contributed by atoms with Gasteiger partial charge in [0.1, 0.15) is 5.82 Å². The van der Waals surface area contributed by atoms with Crippen molar-refractivity contribution in [1.82, 2.24) is 9.97 Å². The third-order valence-electron chi connectivity index (χ3n) is 4.47. The molecule has 2 aromatic carbocycles. The zero-order valence-corrected chi connectivity index (χ0v) is 16.9. The van der Waals surface area contributed by atoms with Gasteiger partial charge >= 0.3 is 5.97 Å². The molecule has 3 aromatic rings. The van der Waals surface area contributed by atoms with Crippen molar-refractivity contribution in [2.24, 2.45) is 0 Å². The second-order valence-corrected chi connectivity index (χ2v) is 6.49. The molecule has 0 aliphatic heterocycles. The van der Waals surface area contributed by atoms with Crippen molar-refractivity contribution in [3.05, 3.63) is 71.4 Å². The van der Waals surface area contributed by atoms with E-state index < -0.39 is 5.97 Å². The van der Waals surface area contributed by atoms with Crippen LogP contribution in [0.3, 0.4) is 0 Å². The van der Waals surface area contributed by atoms with E-state index in [1.54, 1.807) is 50.7 Å². The Morgan fingerprint density at radius 3 is 2.40 bits per heavy atom. The third-order valence-corrected chi connectivity index (χ3v) is 4.47. The number of ether oxygens (including phenoxy) is 2. The van der Waals surface area contributed by atoms with Gasteiger partial charge in [-0.1, -0.05) is 18.2 Å². The monoisotopic (exact) mass is 408 g/mol. The van der Waals surface area contributed by atoms with Crippen LogP contribution in [-0.4, -0.2) is 41.8 Å². The number of nitrogens with one attached hydrogen (secondary N) is 2. The lowest BCUT2D eigenvalue weighted by Crippen LogP contribution is -2.09. The number of benzene rings is 2. The van der Waals surface area contributed by atoms with Gasteiger partial charge in [0.25, 0.3) is 0 Å². The minimum absolute atomic E-state index is 0.260. The summed E-state index contributed by atoms with van der Waals surface area (Å²) in [5.74, 6) is 1.69. The number of carboxylic acid groups (broad SMARTS) is 1. The maximum Gasteiger partial charge on any atom is 0.335 e. The Morgan fingerprint density at radius 2 is 1.70 bits per heavy atom. The van der Waals surface area contributed by atoms with Gasteiger partial charge in [0.05, 0.1) is 19.8 Å². The highest BCUT2D eigenvalue weighted by atomic mass is 16.5. The van der Waals surface area contributed by atoms with E-state index in [9.17, 15) is 4.79 Å². The minimum Gasteiger partial charge on any atom is -0.493 e. The lowest BCUT2D eigenvalue weighted by atomic mass is 10.1. The molecule has 8 nitrogen and oxygen atoms in total. The Labute approximate surface area is 174 Å². The van der Waals surface area contributed by atoms with Gasteiger partial charge in [0.15, 0.2) is 11.5 Å². The fourth-order valence-corrected chi connectivity index (χ4v) is 2.86. The highest BCUT2D eigenvalue weighted by Gasteiger charge is 2.06. The van der Waals surface area contributed by atoms with Crippen LogP contribution in [0.25, 0.3) is 0 Å². The van der Waals surface area contributed by atoms with Crippen LogP contribution in [0.15, 0.2) is 54.7 Å². The number of aromatic carboxylic acids is 1. The van der Waals surface area contributed by atoms with Crippen LogP contribution in [0, 0.1) is 0 Å². The predicted octanol–water partition coefficient (Wildman–Crippen LogP) is 3.46. The van der Waals surface area contributed by atoms with Crippen molar-refractivity contribution in [2.45, 2.75) is 13.0 Å². The van der Waals surface area contributed by atoms with Gasteiger partial charge in [-0.2, -0.15) is 4.98 Å². The van der Waals surface area contributed by atoms with Gasteiger partial charge in [0, 0.05) is 19.3 Å². The molecule has 156 valence electrons. The first-order valence-electron chi connectivity index (χ1n) is 9.43. The van der Waals surface area contributed by atoms with Gasteiger partial charge in [-0.05, 0) is 47.9 Å². The van der Waals surface area contributed by atoms with Crippen molar-refractivity contribution in [1.29, 1.82) is 0 Å². The van der Waals surface area contributed by atoms with E-state index >= 15 is 0 Å². The fourth-order valence-electron chi connectivity index (χ4n) is 2.86. The Kier molecular flexibility index (Phi) is 7.05. The molecule has 0 saturated carbocycles. The van der Waals surface area contributed by atoms with Gasteiger partial charge in [-0.15, -0.1) is 0 Å². The summed E-state index contributed by atoms with van der Waals surface area (Å²) in [5, 5.41) is 15.4. The smallest absolute Gasteiger partial charge is 0.335 e. The van der Waals surface area contributed by atoms with Gasteiger partial charge < -0.3 is 25.2 Å². The molecule has 0 fully saturated rings. The second-order valence-electron chi connectivity index (χ2n) is 6.49. The van der Waals surface area contributed by atoms with E-state index in [-0.39, 0.29) is 5.56 Å². The molecule has 0 radical (unpaired) electrons. The number of hydrogen-bond donors (Lipinski definition) is 3. The molecule has 0 saturated heterocycles. The summed E-state index contributed by atoms with van der Waals surface area (Å²) in [5.41, 5.74) is 2.32. The zero-order valence-electron chi connectivity index (χ0n) is 16.9. The molecule has 0 spiro atoms. The standard InChI is InChI=1S/C22H24N4O4/c1-29-18-8-5-15(13-19(18)30-2)9-11-23-20-10-12-24-22(26-20)25-14-16-3-6-17(7-4-16)21(27)28/h3-8,10,12-13H,9,11,14H2,1-2H3,(H,27,28)(H2,23,24,25,26). The molecule has 0 atom stereocenters. The van der Waals surface area contributed by atoms with E-state index in [2.05, 4.69) is 20.6 Å². The summed E-state index contributed by atoms with van der Waals surface area (Å²) >= 11 is 0. The maximum absolute atomic E-state index is 10.9. The first-order chi connectivity index (χ1) is 14.6. The molecular formula is C22H24N4O4. The molecule has 3 rings (SSSR count). The number of carboxylic acids is 1. The van der Waals surface area contributed by atoms with Crippen LogP contribution in [0.5, 0.6) is 11.5 Å². The molecule has 1 aromatic heterocycles. The number of hydrogen-bond acceptors (Lipinski definition) is 7. The molecule has 1 heterocycles. The number of carbonyl (C=O) groups is 1. The van der Waals surface area contributed by atoms with Crippen LogP contribution in [-0.2, 0) is 13.0 Å². The number of anilines is 2. The lowest BCUT2D eigenvalue weighted by Gasteiger charge is -2.11. The third kappa shape index (κ3) is 5.60. The van der Waals surface area contributed by atoms with E-state index in [4.69, 9.17) is 14.6 Å². The van der Waals surface area contributed by atoms with Gasteiger partial charge in [-0.3, -0.25) is 0 Å². The summed E-state index contributed by atoms with van der Waals surface area (Å²) < 4.78 is 10.6. The number of aromatic nitrogens is 2. The van der Waals surface area contributed by atoms with E-state index in [1.807, 2.05) is 18.2 Å². The molecule has 0 unspecified atom stereocenters. The SMILES string of the molecule is COc1ccc(CCNc2ccnc(NCc3ccc(C(=O)O)cc3)n2)cc1OC. The van der Waals surface area contributed by atoms with Crippen LogP contribution in [0.2, 0.25) is 0 Å². The zero-order chi connectivity index (χ0) is 21.3. The van der Waals surface area contributed by atoms with Gasteiger partial charge in [0.2, 0.25) is 5.95 Å². The Hall–Kier alpha value is -3.81. The quantitative estimate of drug-likeness (QED) is 0.468. The molecule has 8 heteroatoms. The molecule has 0 amide bonds. The molecular weight excluding hydrogens is 384 g/mol. The Balaban J connectivity index is 1.52. The first kappa shape index (κ1) is 20.9. The van der Waals surface area contributed by atoms with E-state index in [0.29, 0.717) is 36.4 Å². The summed E-state index contributed by atoms with van der Waals surface area (Å²) in [6, 6.07) is 14.3. The van der Waals surface area contributed by atoms with Crippen molar-refractivity contribution in [2.75, 3.05) is 31.4 Å². The van der Waals surface area contributed by atoms with Crippen molar-refractivity contribution in [3.63, 3.8) is 0 Å². The lowest BCUT2D eigenvalue weighted by molar-refractivity contribution is 0.0697. The van der Waals surface area contributed by atoms with Crippen molar-refractivity contribution < 1.29 is 19.4 Å². The fraction of sp³-hybridized carbons (Fsp3) is 0.227.